The molecule has 4 saturated carbocycles. The molecule has 13 aliphatic rings. The number of piperidine rings is 2. The standard InChI is InChI=1S/C41H54F3N3O5.C34H43F3N2O7/c1-24-20-34-36(47(23-24)37(49)41(42,43)44)26(3)40(52-34)17-15-30-31-12-11-28-21-29(14-16-39(28,4)33(31)22-32(30)25(40)2)51-38(50)46-19-18-45-35(48)13-10-27-8-6-5-7-9-27;1-17-13-26-29(38(16-17)30(42)34(35,36)37)19(3)33(45-26)12-10-22-23-6-5-20-14-21(44-31(43)46-39-27(40)7-8-28(39)41)9-11-32(20,4)25(23)15-24(22)18(33)2/h5-9,11,24,26,29-31,33-34,36H,10,12-23H2,1-4H3,(H,45,48)(H,46,50);5,17,19,21-23,25-26,29H,6-16H2,1-4H3/t24-,26+,29-,30-,31-,33-,34+,36-,39-,40?;17-,19+,21-,22-,23-,25-,26+,29-,32-,33?/m00/s1. The molecule has 1 aromatic carbocycles. The van der Waals surface area contributed by atoms with E-state index in [1.54, 1.807) is 0 Å². The number of rotatable bonds is 9. The monoisotopic (exact) mass is 1370 g/mol. The summed E-state index contributed by atoms with van der Waals surface area (Å²) < 4.78 is 107. The summed E-state index contributed by atoms with van der Waals surface area (Å²) in [6.07, 6.45) is 5.84. The molecule has 0 radical (unpaired) electrons. The van der Waals surface area contributed by atoms with E-state index in [0.29, 0.717) is 98.6 Å². The highest BCUT2D eigenvalue weighted by Crippen LogP contribution is 2.68. The largest absolute Gasteiger partial charge is 0.534 e. The maximum Gasteiger partial charge on any atom is 0.534 e. The van der Waals surface area contributed by atoms with Crippen LogP contribution >= 0.6 is 0 Å². The topological polar surface area (TPSA) is 199 Å². The van der Waals surface area contributed by atoms with Crippen LogP contribution in [-0.4, -0.2) is 143 Å². The second kappa shape index (κ2) is 26.3. The molecule has 5 heterocycles. The molecular formula is C75H97F6N5O12. The van der Waals surface area contributed by atoms with Gasteiger partial charge < -0.3 is 39.4 Å². The Hall–Kier alpha value is -6.23. The van der Waals surface area contributed by atoms with Gasteiger partial charge >= 0.3 is 36.4 Å². The summed E-state index contributed by atoms with van der Waals surface area (Å²) in [5.74, 6) is -2.69. The van der Waals surface area contributed by atoms with Crippen molar-refractivity contribution in [1.29, 1.82) is 0 Å². The summed E-state index contributed by atoms with van der Waals surface area (Å²) in [5.41, 5.74) is 7.46. The van der Waals surface area contributed by atoms with Gasteiger partial charge in [0.15, 0.2) is 0 Å². The highest BCUT2D eigenvalue weighted by molar-refractivity contribution is 6.01. The Bertz CT molecular complexity index is 3470. The first-order valence-electron chi connectivity index (χ1n) is 36.2. The van der Waals surface area contributed by atoms with Crippen LogP contribution < -0.4 is 10.6 Å². The van der Waals surface area contributed by atoms with Gasteiger partial charge in [0, 0.05) is 70.1 Å². The molecule has 2 unspecified atom stereocenters. The normalized spacial score (nSPS) is 39.2. The average molecular weight is 1370 g/mol. The number of imide groups is 1. The molecule has 14 rings (SSSR count). The number of alkyl halides is 6. The van der Waals surface area contributed by atoms with E-state index in [0.717, 1.165) is 91.6 Å². The predicted molar refractivity (Wildman–Crippen MR) is 346 cm³/mol. The number of likely N-dealkylation sites (tertiary alicyclic amines) is 2. The zero-order valence-electron chi connectivity index (χ0n) is 57.8. The number of halogens is 6. The van der Waals surface area contributed by atoms with Crippen LogP contribution in [0.5, 0.6) is 0 Å². The summed E-state index contributed by atoms with van der Waals surface area (Å²) >= 11 is 0. The van der Waals surface area contributed by atoms with Crippen molar-refractivity contribution in [1.82, 2.24) is 25.5 Å². The molecule has 9 fully saturated rings. The first-order valence-corrected chi connectivity index (χ1v) is 36.2. The van der Waals surface area contributed by atoms with Gasteiger partial charge in [-0.25, -0.2) is 9.59 Å². The van der Waals surface area contributed by atoms with Crippen LogP contribution in [-0.2, 0) is 54.2 Å². The molecule has 2 spiro atoms. The van der Waals surface area contributed by atoms with Gasteiger partial charge in [0.05, 0.1) is 35.5 Å². The Morgan fingerprint density at radius 1 is 0.612 bits per heavy atom. The van der Waals surface area contributed by atoms with E-state index in [4.69, 9.17) is 23.8 Å². The first-order chi connectivity index (χ1) is 46.3. The number of allylic oxidation sites excluding steroid dienone is 4. The summed E-state index contributed by atoms with van der Waals surface area (Å²) in [4.78, 5) is 93.3. The van der Waals surface area contributed by atoms with Crippen LogP contribution in [0.4, 0.5) is 35.9 Å². The first kappa shape index (κ1) is 70.2. The van der Waals surface area contributed by atoms with E-state index in [1.807, 2.05) is 58.0 Å². The maximum absolute atomic E-state index is 13.7. The van der Waals surface area contributed by atoms with Crippen molar-refractivity contribution in [3.05, 3.63) is 81.5 Å². The fraction of sp³-hybridized carbons (Fsp3) is 0.720. The van der Waals surface area contributed by atoms with Crippen molar-refractivity contribution in [3.63, 3.8) is 0 Å². The molecule has 536 valence electrons. The van der Waals surface area contributed by atoms with Crippen LogP contribution in [0.2, 0.25) is 0 Å². The minimum atomic E-state index is -4.92. The van der Waals surface area contributed by atoms with Crippen molar-refractivity contribution in [3.8, 4) is 0 Å². The number of hydrogen-bond acceptors (Lipinski definition) is 12. The fourth-order valence-corrected chi connectivity index (χ4v) is 22.0. The minimum absolute atomic E-state index is 0.0113. The van der Waals surface area contributed by atoms with Gasteiger partial charge in [-0.1, -0.05) is 111 Å². The van der Waals surface area contributed by atoms with Gasteiger partial charge in [-0.05, 0) is 185 Å². The lowest BCUT2D eigenvalue weighted by molar-refractivity contribution is -0.192. The average Bonchev–Trinajstić information content (AvgIpc) is 1.55. The van der Waals surface area contributed by atoms with Crippen LogP contribution in [0.15, 0.2) is 75.9 Å². The molecule has 23 heteroatoms. The van der Waals surface area contributed by atoms with E-state index in [-0.39, 0.29) is 72.4 Å². The summed E-state index contributed by atoms with van der Waals surface area (Å²) in [7, 11) is 0. The van der Waals surface area contributed by atoms with Crippen LogP contribution in [0, 0.1) is 70.0 Å². The van der Waals surface area contributed by atoms with Crippen molar-refractivity contribution >= 4 is 41.8 Å². The number of carbonyl (C=O) groups is 7. The number of nitrogens with one attached hydrogen (secondary N) is 2. The van der Waals surface area contributed by atoms with Gasteiger partial charge in [-0.2, -0.15) is 26.3 Å². The summed E-state index contributed by atoms with van der Waals surface area (Å²) in [6.45, 7) is 17.6. The third kappa shape index (κ3) is 12.4. The molecule has 2 N–H and O–H groups in total. The second-order valence-corrected chi connectivity index (χ2v) is 32.0. The molecule has 8 aliphatic carbocycles. The van der Waals surface area contributed by atoms with Crippen LogP contribution in [0.3, 0.4) is 0 Å². The van der Waals surface area contributed by atoms with E-state index in [2.05, 4.69) is 50.5 Å². The SMILES string of the molecule is CC1=C2C[C@H]3[C@@H](CC=C4C[C@@H](OC(=O)NCCNC(=O)CCc5ccccc5)CC[C@@]43C)[C@@H]2CCC12O[C@@H]1C[C@H](C)CN(C(=O)C(F)(F)F)[C@H]1[C@H]2C.CC1=C2C[C@H]3[C@@H](CC=C4C[C@@H](OC(=O)ON5C(=O)CCC5=O)CC[C@@]43C)[C@@H]2CCC12O[C@@H]1C[C@H](C)CN(C(=O)C(F)(F)F)[C@H]1[C@H]2C. The highest BCUT2D eigenvalue weighted by Gasteiger charge is 2.66. The third-order valence-electron chi connectivity index (χ3n) is 26.9. The van der Waals surface area contributed by atoms with Gasteiger partial charge in [-0.15, -0.1) is 0 Å². The van der Waals surface area contributed by atoms with Gasteiger partial charge in [0.1, 0.15) is 12.2 Å². The molecule has 17 nitrogen and oxygen atoms in total. The van der Waals surface area contributed by atoms with E-state index < -0.39 is 89.8 Å². The molecule has 20 atom stereocenters. The Kier molecular flexibility index (Phi) is 18.8. The highest BCUT2D eigenvalue weighted by atomic mass is 19.4. The number of amides is 6. The Balaban J connectivity index is 0.000000178. The molecule has 5 aliphatic heterocycles. The lowest BCUT2D eigenvalue weighted by Gasteiger charge is -2.49. The van der Waals surface area contributed by atoms with E-state index in [9.17, 15) is 59.9 Å². The van der Waals surface area contributed by atoms with Crippen molar-refractivity contribution in [2.24, 2.45) is 70.0 Å². The number of nitrogens with zero attached hydrogens (tertiary/aromatic N) is 3. The molecule has 6 amide bonds. The summed E-state index contributed by atoms with van der Waals surface area (Å²) in [5, 5.41) is 6.15. The van der Waals surface area contributed by atoms with Crippen molar-refractivity contribution < 1.29 is 83.7 Å². The zero-order valence-corrected chi connectivity index (χ0v) is 57.8. The van der Waals surface area contributed by atoms with Crippen LogP contribution in [0.25, 0.3) is 0 Å². The number of ether oxygens (including phenoxy) is 4. The maximum atomic E-state index is 13.7. The minimum Gasteiger partial charge on any atom is -0.446 e. The third-order valence-corrected chi connectivity index (χ3v) is 26.9. The van der Waals surface area contributed by atoms with Gasteiger partial charge in [-0.3, -0.25) is 28.8 Å². The Labute approximate surface area is 570 Å². The molecule has 5 saturated heterocycles. The Morgan fingerprint density at radius 3 is 1.54 bits per heavy atom. The van der Waals surface area contributed by atoms with Crippen molar-refractivity contribution in [2.45, 2.75) is 244 Å². The number of hydrogen-bond donors (Lipinski definition) is 2. The smallest absolute Gasteiger partial charge is 0.446 e. The number of benzene rings is 1. The molecule has 0 bridgehead atoms. The van der Waals surface area contributed by atoms with Crippen molar-refractivity contribution in [2.75, 3.05) is 26.2 Å². The van der Waals surface area contributed by atoms with Crippen LogP contribution in [0.1, 0.15) is 183 Å². The molecule has 98 heavy (non-hydrogen) atoms. The fourth-order valence-electron chi connectivity index (χ4n) is 22.0. The van der Waals surface area contributed by atoms with Gasteiger partial charge in [0.25, 0.3) is 11.8 Å². The predicted octanol–water partition coefficient (Wildman–Crippen LogP) is 13.3. The second-order valence-electron chi connectivity index (χ2n) is 32.0. The number of fused-ring (bicyclic) bond motifs is 12. The quantitative estimate of drug-likeness (QED) is 0.0781. The van der Waals surface area contributed by atoms with E-state index in [1.165, 1.54) is 27.9 Å². The number of alkyl carbamates (subject to hydrolysis) is 1. The zero-order chi connectivity index (χ0) is 69.9. The van der Waals surface area contributed by atoms with Gasteiger partial charge in [0.2, 0.25) is 5.91 Å². The summed E-state index contributed by atoms with van der Waals surface area (Å²) in [6, 6.07) is 8.68. The molecule has 0 aromatic heterocycles. The molecular weight excluding hydrogens is 1280 g/mol. The Morgan fingerprint density at radius 2 is 1.07 bits per heavy atom. The number of hydroxylamine groups is 2. The number of aryl methyl sites for hydroxylation is 1. The van der Waals surface area contributed by atoms with E-state index >= 15 is 0 Å². The molecule has 1 aromatic rings. The lowest BCUT2D eigenvalue weighted by Crippen LogP contribution is -2.57. The number of carbonyl (C=O) groups excluding carboxylic acids is 7. The lowest BCUT2D eigenvalue weighted by atomic mass is 9.56.